The highest BCUT2D eigenvalue weighted by atomic mass is 16.4. The lowest BCUT2D eigenvalue weighted by Crippen LogP contribution is -2.17. The molecule has 4 heteroatoms. The maximum Gasteiger partial charge on any atom is 0.0949 e. The van der Waals surface area contributed by atoms with Crippen molar-refractivity contribution in [1.29, 1.82) is 0 Å². The van der Waals surface area contributed by atoms with E-state index in [1.807, 2.05) is 10.8 Å². The molecule has 0 amide bonds. The minimum absolute atomic E-state index is 0.474. The van der Waals surface area contributed by atoms with Gasteiger partial charge in [0, 0.05) is 18.3 Å². The molecule has 1 aliphatic rings. The molecule has 76 valence electrons. The zero-order valence-electron chi connectivity index (χ0n) is 8.13. The van der Waals surface area contributed by atoms with E-state index >= 15 is 0 Å². The molecule has 0 saturated heterocycles. The zero-order valence-corrected chi connectivity index (χ0v) is 8.13. The van der Waals surface area contributed by atoms with Gasteiger partial charge in [-0.15, -0.1) is 0 Å². The molecule has 1 heterocycles. The summed E-state index contributed by atoms with van der Waals surface area (Å²) in [5.41, 5.74) is 0.889. The lowest BCUT2D eigenvalue weighted by molar-refractivity contribution is 0.312. The van der Waals surface area contributed by atoms with Gasteiger partial charge in [-0.05, 0) is 12.8 Å². The predicted octanol–water partition coefficient (Wildman–Crippen LogP) is 1.90. The van der Waals surface area contributed by atoms with Crippen LogP contribution in [0.5, 0.6) is 0 Å². The van der Waals surface area contributed by atoms with Crippen LogP contribution in [0.4, 0.5) is 0 Å². The van der Waals surface area contributed by atoms with E-state index in [-0.39, 0.29) is 0 Å². The Bertz CT molecular complexity index is 299. The third-order valence-electron chi connectivity index (χ3n) is 2.86. The average Bonchev–Trinajstić information content (AvgIpc) is 2.86. The van der Waals surface area contributed by atoms with E-state index in [2.05, 4.69) is 10.1 Å². The first-order valence-electron chi connectivity index (χ1n) is 5.06. The summed E-state index contributed by atoms with van der Waals surface area (Å²) < 4.78 is 1.94. The van der Waals surface area contributed by atoms with E-state index in [0.29, 0.717) is 12.5 Å². The number of aromatic nitrogens is 2. The van der Waals surface area contributed by atoms with Gasteiger partial charge in [-0.2, -0.15) is 0 Å². The fraction of sp³-hybridized carbons (Fsp3) is 0.600. The molecule has 1 aliphatic carbocycles. The number of hydrogen-bond acceptors (Lipinski definition) is 3. The van der Waals surface area contributed by atoms with Gasteiger partial charge in [-0.25, -0.2) is 4.98 Å². The molecule has 4 nitrogen and oxygen atoms in total. The Kier molecular flexibility index (Phi) is 2.81. The van der Waals surface area contributed by atoms with E-state index < -0.39 is 0 Å². The lowest BCUT2D eigenvalue weighted by Gasteiger charge is -2.11. The Morgan fingerprint density at radius 3 is 2.86 bits per heavy atom. The molecule has 0 radical (unpaired) electrons. The Morgan fingerprint density at radius 1 is 1.50 bits per heavy atom. The topological polar surface area (TPSA) is 50.4 Å². The molecule has 1 saturated carbocycles. The van der Waals surface area contributed by atoms with Crippen LogP contribution in [0.15, 0.2) is 23.9 Å². The van der Waals surface area contributed by atoms with Crippen molar-refractivity contribution in [1.82, 2.24) is 9.55 Å². The summed E-state index contributed by atoms with van der Waals surface area (Å²) in [5, 5.41) is 12.4. The quantitative estimate of drug-likeness (QED) is 0.453. The van der Waals surface area contributed by atoms with Gasteiger partial charge in [0.05, 0.1) is 18.6 Å². The molecular formula is C10H15N3O. The van der Waals surface area contributed by atoms with Gasteiger partial charge >= 0.3 is 0 Å². The van der Waals surface area contributed by atoms with Crippen LogP contribution in [-0.2, 0) is 6.54 Å². The standard InChI is InChI=1S/C10H15N3O/c14-12-10(9-3-1-2-4-9)7-13-6-5-11-8-13/h5-6,8-9,14H,1-4,7H2/b12-10+. The second-order valence-electron chi connectivity index (χ2n) is 3.81. The van der Waals surface area contributed by atoms with Gasteiger partial charge in [-0.1, -0.05) is 18.0 Å². The SMILES string of the molecule is O/N=C(\Cn1ccnc1)C1CCCC1. The van der Waals surface area contributed by atoms with E-state index in [4.69, 9.17) is 5.21 Å². The van der Waals surface area contributed by atoms with Crippen molar-refractivity contribution in [2.75, 3.05) is 0 Å². The predicted molar refractivity (Wildman–Crippen MR) is 53.4 cm³/mol. The van der Waals surface area contributed by atoms with Crippen molar-refractivity contribution in [3.8, 4) is 0 Å². The molecule has 14 heavy (non-hydrogen) atoms. The van der Waals surface area contributed by atoms with Crippen molar-refractivity contribution in [2.24, 2.45) is 11.1 Å². The molecular weight excluding hydrogens is 178 g/mol. The molecule has 0 spiro atoms. The Morgan fingerprint density at radius 2 is 2.29 bits per heavy atom. The Balaban J connectivity index is 2.00. The van der Waals surface area contributed by atoms with Crippen molar-refractivity contribution >= 4 is 5.71 Å². The fourth-order valence-corrected chi connectivity index (χ4v) is 2.07. The van der Waals surface area contributed by atoms with Gasteiger partial charge in [-0.3, -0.25) is 0 Å². The first kappa shape index (κ1) is 9.24. The van der Waals surface area contributed by atoms with Crippen molar-refractivity contribution in [3.05, 3.63) is 18.7 Å². The molecule has 1 fully saturated rings. The summed E-state index contributed by atoms with van der Waals surface area (Å²) in [6.07, 6.45) is 10.2. The highest BCUT2D eigenvalue weighted by Gasteiger charge is 2.21. The van der Waals surface area contributed by atoms with Gasteiger partial charge in [0.25, 0.3) is 0 Å². The first-order valence-corrected chi connectivity index (χ1v) is 5.06. The smallest absolute Gasteiger partial charge is 0.0949 e. The number of nitrogens with zero attached hydrogens (tertiary/aromatic N) is 3. The van der Waals surface area contributed by atoms with Crippen LogP contribution in [0.25, 0.3) is 0 Å². The van der Waals surface area contributed by atoms with Crippen LogP contribution in [0.1, 0.15) is 25.7 Å². The second-order valence-corrected chi connectivity index (χ2v) is 3.81. The van der Waals surface area contributed by atoms with Gasteiger partial charge in [0.2, 0.25) is 0 Å². The highest BCUT2D eigenvalue weighted by Crippen LogP contribution is 2.26. The molecule has 0 bridgehead atoms. The minimum Gasteiger partial charge on any atom is -0.411 e. The normalized spacial score (nSPS) is 19.0. The summed E-state index contributed by atoms with van der Waals surface area (Å²) >= 11 is 0. The van der Waals surface area contributed by atoms with Crippen LogP contribution in [0.3, 0.4) is 0 Å². The van der Waals surface area contributed by atoms with Crippen molar-refractivity contribution in [2.45, 2.75) is 32.2 Å². The van der Waals surface area contributed by atoms with Crippen molar-refractivity contribution < 1.29 is 5.21 Å². The third-order valence-corrected chi connectivity index (χ3v) is 2.86. The van der Waals surface area contributed by atoms with Gasteiger partial charge < -0.3 is 9.77 Å². The van der Waals surface area contributed by atoms with E-state index in [0.717, 1.165) is 18.6 Å². The first-order chi connectivity index (χ1) is 6.90. The lowest BCUT2D eigenvalue weighted by atomic mass is 10.0. The number of imidazole rings is 1. The highest BCUT2D eigenvalue weighted by molar-refractivity contribution is 5.86. The van der Waals surface area contributed by atoms with Gasteiger partial charge in [0.15, 0.2) is 0 Å². The second kappa shape index (κ2) is 4.26. The Hall–Kier alpha value is -1.32. The summed E-state index contributed by atoms with van der Waals surface area (Å²) in [5.74, 6) is 0.474. The maximum atomic E-state index is 8.94. The van der Waals surface area contributed by atoms with E-state index in [1.54, 1.807) is 12.5 Å². The molecule has 1 aromatic rings. The van der Waals surface area contributed by atoms with Crippen LogP contribution < -0.4 is 0 Å². The van der Waals surface area contributed by atoms with Crippen LogP contribution in [0.2, 0.25) is 0 Å². The minimum atomic E-state index is 0.474. The third kappa shape index (κ3) is 1.95. The molecule has 0 atom stereocenters. The zero-order chi connectivity index (χ0) is 9.80. The van der Waals surface area contributed by atoms with E-state index in [9.17, 15) is 0 Å². The summed E-state index contributed by atoms with van der Waals surface area (Å²) in [6, 6.07) is 0. The molecule has 2 rings (SSSR count). The molecule has 0 aliphatic heterocycles. The van der Waals surface area contributed by atoms with Crippen molar-refractivity contribution in [3.63, 3.8) is 0 Å². The van der Waals surface area contributed by atoms with Gasteiger partial charge in [0.1, 0.15) is 0 Å². The van der Waals surface area contributed by atoms with Crippen LogP contribution >= 0.6 is 0 Å². The van der Waals surface area contributed by atoms with Crippen LogP contribution in [0, 0.1) is 5.92 Å². The maximum absolute atomic E-state index is 8.94. The fourth-order valence-electron chi connectivity index (χ4n) is 2.07. The Labute approximate surface area is 83.3 Å². The summed E-state index contributed by atoms with van der Waals surface area (Å²) in [6.45, 7) is 0.668. The average molecular weight is 193 g/mol. The number of hydrogen-bond donors (Lipinski definition) is 1. The molecule has 1 aromatic heterocycles. The largest absolute Gasteiger partial charge is 0.411 e. The molecule has 0 aromatic carbocycles. The molecule has 1 N–H and O–H groups in total. The summed E-state index contributed by atoms with van der Waals surface area (Å²) in [7, 11) is 0. The number of oxime groups is 1. The monoisotopic (exact) mass is 193 g/mol. The number of rotatable bonds is 3. The van der Waals surface area contributed by atoms with Crippen LogP contribution in [-0.4, -0.2) is 20.5 Å². The summed E-state index contributed by atoms with van der Waals surface area (Å²) in [4.78, 5) is 3.96. The van der Waals surface area contributed by atoms with E-state index in [1.165, 1.54) is 12.8 Å². The molecule has 0 unspecified atom stereocenters.